The van der Waals surface area contributed by atoms with E-state index in [0.717, 1.165) is 6.42 Å². The van der Waals surface area contributed by atoms with Gasteiger partial charge in [0.25, 0.3) is 0 Å². The lowest BCUT2D eigenvalue weighted by atomic mass is 10.4. The highest BCUT2D eigenvalue weighted by atomic mass is 32.2. The topological polar surface area (TPSA) is 12.4 Å². The summed E-state index contributed by atoms with van der Waals surface area (Å²) in [6, 6.07) is 0. The highest BCUT2D eigenvalue weighted by Crippen LogP contribution is 2.18. The first-order chi connectivity index (χ1) is 5.36. The van der Waals surface area contributed by atoms with E-state index in [2.05, 4.69) is 29.7 Å². The lowest BCUT2D eigenvalue weighted by molar-refractivity contribution is 1.49. The smallest absolute Gasteiger partial charge is 0.0766 e. The van der Waals surface area contributed by atoms with Gasteiger partial charge in [-0.25, -0.2) is 0 Å². The Morgan fingerprint density at radius 1 is 1.36 bits per heavy atom. The number of thioether (sulfide) groups is 2. The van der Waals surface area contributed by atoms with Crippen molar-refractivity contribution in [1.29, 1.82) is 0 Å². The SMILES string of the molecule is CSC1=CN=C(SC)CC=C1. The summed E-state index contributed by atoms with van der Waals surface area (Å²) in [7, 11) is 0. The highest BCUT2D eigenvalue weighted by Gasteiger charge is 1.97. The van der Waals surface area contributed by atoms with E-state index in [1.807, 2.05) is 6.20 Å². The van der Waals surface area contributed by atoms with Gasteiger partial charge in [0, 0.05) is 17.5 Å². The molecule has 0 aliphatic carbocycles. The van der Waals surface area contributed by atoms with Gasteiger partial charge in [0.05, 0.1) is 5.04 Å². The van der Waals surface area contributed by atoms with Gasteiger partial charge in [0.15, 0.2) is 0 Å². The molecule has 0 aromatic heterocycles. The van der Waals surface area contributed by atoms with Crippen LogP contribution in [0.2, 0.25) is 0 Å². The van der Waals surface area contributed by atoms with Crippen molar-refractivity contribution >= 4 is 28.6 Å². The molecule has 0 fully saturated rings. The maximum Gasteiger partial charge on any atom is 0.0766 e. The van der Waals surface area contributed by atoms with Crippen molar-refractivity contribution in [2.45, 2.75) is 6.42 Å². The first-order valence-electron chi connectivity index (χ1n) is 3.38. The van der Waals surface area contributed by atoms with E-state index in [0.29, 0.717) is 0 Å². The number of aliphatic imine (C=N–C) groups is 1. The van der Waals surface area contributed by atoms with E-state index in [1.54, 1.807) is 23.5 Å². The number of rotatable bonds is 1. The lowest BCUT2D eigenvalue weighted by Gasteiger charge is -1.92. The highest BCUT2D eigenvalue weighted by molar-refractivity contribution is 8.13. The quantitative estimate of drug-likeness (QED) is 0.622. The second-order valence-electron chi connectivity index (χ2n) is 2.07. The lowest BCUT2D eigenvalue weighted by Crippen LogP contribution is -1.84. The van der Waals surface area contributed by atoms with Crippen LogP contribution in [-0.4, -0.2) is 17.6 Å². The van der Waals surface area contributed by atoms with Crippen LogP contribution >= 0.6 is 23.5 Å². The third kappa shape index (κ3) is 2.75. The van der Waals surface area contributed by atoms with Crippen molar-refractivity contribution in [3.8, 4) is 0 Å². The van der Waals surface area contributed by atoms with Crippen molar-refractivity contribution < 1.29 is 0 Å². The van der Waals surface area contributed by atoms with Gasteiger partial charge < -0.3 is 0 Å². The summed E-state index contributed by atoms with van der Waals surface area (Å²) >= 11 is 3.45. The molecule has 0 saturated carbocycles. The van der Waals surface area contributed by atoms with Crippen LogP contribution in [0, 0.1) is 0 Å². The summed E-state index contributed by atoms with van der Waals surface area (Å²) in [6.07, 6.45) is 11.3. The molecule has 3 heteroatoms. The fourth-order valence-corrected chi connectivity index (χ4v) is 1.58. The second-order valence-corrected chi connectivity index (χ2v) is 3.83. The van der Waals surface area contributed by atoms with Crippen molar-refractivity contribution in [3.05, 3.63) is 23.3 Å². The largest absolute Gasteiger partial charge is 0.253 e. The fourth-order valence-electron chi connectivity index (χ4n) is 0.764. The summed E-state index contributed by atoms with van der Waals surface area (Å²) in [5.41, 5.74) is 0. The van der Waals surface area contributed by atoms with Crippen LogP contribution in [0.5, 0.6) is 0 Å². The Morgan fingerprint density at radius 2 is 2.18 bits per heavy atom. The molecule has 60 valence electrons. The summed E-state index contributed by atoms with van der Waals surface area (Å²) in [5, 5.41) is 1.19. The molecule has 1 nitrogen and oxygen atoms in total. The van der Waals surface area contributed by atoms with E-state index in [1.165, 1.54) is 9.95 Å². The Morgan fingerprint density at radius 3 is 2.82 bits per heavy atom. The van der Waals surface area contributed by atoms with E-state index >= 15 is 0 Å². The molecular weight excluding hydrogens is 174 g/mol. The minimum absolute atomic E-state index is 0.974. The van der Waals surface area contributed by atoms with Gasteiger partial charge in [-0.2, -0.15) is 0 Å². The molecule has 0 aromatic rings. The average Bonchev–Trinajstić information content (AvgIpc) is 2.28. The molecule has 1 aliphatic heterocycles. The number of hydrogen-bond donors (Lipinski definition) is 0. The molecule has 1 rings (SSSR count). The van der Waals surface area contributed by atoms with Gasteiger partial charge in [-0.1, -0.05) is 12.2 Å². The second kappa shape index (κ2) is 4.67. The molecule has 0 bridgehead atoms. The third-order valence-corrected chi connectivity index (χ3v) is 2.84. The molecular formula is C8H11NS2. The van der Waals surface area contributed by atoms with E-state index in [4.69, 9.17) is 0 Å². The normalized spacial score (nSPS) is 17.3. The minimum Gasteiger partial charge on any atom is -0.253 e. The van der Waals surface area contributed by atoms with Crippen LogP contribution in [0.25, 0.3) is 0 Å². The van der Waals surface area contributed by atoms with Crippen molar-refractivity contribution in [1.82, 2.24) is 0 Å². The summed E-state index contributed by atoms with van der Waals surface area (Å²) in [6.45, 7) is 0. The Bertz CT molecular complexity index is 216. The van der Waals surface area contributed by atoms with E-state index in [9.17, 15) is 0 Å². The Balaban J connectivity index is 2.72. The zero-order valence-corrected chi connectivity index (χ0v) is 8.34. The van der Waals surface area contributed by atoms with E-state index in [-0.39, 0.29) is 0 Å². The summed E-state index contributed by atoms with van der Waals surface area (Å²) < 4.78 is 0. The number of allylic oxidation sites excluding steroid dienone is 2. The molecule has 1 heterocycles. The van der Waals surface area contributed by atoms with E-state index < -0.39 is 0 Å². The Hall–Kier alpha value is -0.150. The van der Waals surface area contributed by atoms with Gasteiger partial charge in [-0.15, -0.1) is 23.5 Å². The summed E-state index contributed by atoms with van der Waals surface area (Å²) in [5.74, 6) is 0. The molecule has 0 saturated heterocycles. The standard InChI is InChI=1S/C8H11NS2/c1-10-7-4-3-5-8(11-2)9-6-7/h3-4,6H,5H2,1-2H3. The van der Waals surface area contributed by atoms with Crippen molar-refractivity contribution in [3.63, 3.8) is 0 Å². The fraction of sp³-hybridized carbons (Fsp3) is 0.375. The monoisotopic (exact) mass is 185 g/mol. The van der Waals surface area contributed by atoms with Gasteiger partial charge in [-0.05, 0) is 12.5 Å². The number of hydrogen-bond acceptors (Lipinski definition) is 3. The zero-order chi connectivity index (χ0) is 8.10. The zero-order valence-electron chi connectivity index (χ0n) is 6.70. The molecule has 0 unspecified atom stereocenters. The van der Waals surface area contributed by atoms with Gasteiger partial charge in [-0.3, -0.25) is 4.99 Å². The predicted molar refractivity (Wildman–Crippen MR) is 56.3 cm³/mol. The first kappa shape index (κ1) is 8.94. The molecule has 0 radical (unpaired) electrons. The molecule has 0 N–H and O–H groups in total. The molecule has 0 spiro atoms. The van der Waals surface area contributed by atoms with Gasteiger partial charge >= 0.3 is 0 Å². The molecule has 1 aliphatic rings. The molecule has 11 heavy (non-hydrogen) atoms. The summed E-state index contributed by atoms with van der Waals surface area (Å²) in [4.78, 5) is 5.56. The average molecular weight is 185 g/mol. The van der Waals surface area contributed by atoms with Gasteiger partial charge in [0.1, 0.15) is 0 Å². The van der Waals surface area contributed by atoms with Crippen LogP contribution in [0.1, 0.15) is 6.42 Å². The molecule has 0 amide bonds. The number of nitrogens with zero attached hydrogens (tertiary/aromatic N) is 1. The predicted octanol–water partition coefficient (Wildman–Crippen LogP) is 2.91. The van der Waals surface area contributed by atoms with Crippen LogP contribution < -0.4 is 0 Å². The Kier molecular flexibility index (Phi) is 3.80. The maximum absolute atomic E-state index is 4.33. The van der Waals surface area contributed by atoms with Crippen LogP contribution in [0.15, 0.2) is 28.2 Å². The van der Waals surface area contributed by atoms with Crippen LogP contribution in [0.3, 0.4) is 0 Å². The molecule has 0 atom stereocenters. The van der Waals surface area contributed by atoms with Crippen molar-refractivity contribution in [2.75, 3.05) is 12.5 Å². The van der Waals surface area contributed by atoms with Gasteiger partial charge in [0.2, 0.25) is 0 Å². The third-order valence-electron chi connectivity index (χ3n) is 1.38. The molecule has 0 aromatic carbocycles. The minimum atomic E-state index is 0.974. The van der Waals surface area contributed by atoms with Crippen LogP contribution in [-0.2, 0) is 0 Å². The van der Waals surface area contributed by atoms with Crippen molar-refractivity contribution in [2.24, 2.45) is 4.99 Å². The first-order valence-corrected chi connectivity index (χ1v) is 5.83. The Labute approximate surface area is 76.1 Å². The maximum atomic E-state index is 4.33. The van der Waals surface area contributed by atoms with Crippen LogP contribution in [0.4, 0.5) is 0 Å².